The predicted octanol–water partition coefficient (Wildman–Crippen LogP) is 2.04. The number of hydrogen-bond donors (Lipinski definition) is 2. The number of nitrogens with one attached hydrogen (secondary N) is 2. The van der Waals surface area contributed by atoms with E-state index in [0.717, 1.165) is 30.2 Å². The zero-order valence-electron chi connectivity index (χ0n) is 13.2. The highest BCUT2D eigenvalue weighted by Gasteiger charge is 2.36. The number of fused-ring (bicyclic) bond motifs is 1. The topological polar surface area (TPSA) is 88.5 Å². The van der Waals surface area contributed by atoms with Crippen LogP contribution >= 0.6 is 0 Å². The number of aromatic nitrogens is 5. The fourth-order valence-electron chi connectivity index (χ4n) is 3.19. The zero-order valence-corrected chi connectivity index (χ0v) is 13.2. The van der Waals surface area contributed by atoms with Gasteiger partial charge in [-0.3, -0.25) is 4.79 Å². The number of aromatic amines is 1. The van der Waals surface area contributed by atoms with Gasteiger partial charge in [-0.05, 0) is 31.4 Å². The molecule has 122 valence electrons. The second-order valence-corrected chi connectivity index (χ2v) is 6.17. The van der Waals surface area contributed by atoms with Crippen molar-refractivity contribution in [2.24, 2.45) is 0 Å². The maximum atomic E-state index is 12.9. The van der Waals surface area contributed by atoms with Crippen molar-refractivity contribution in [3.8, 4) is 0 Å². The minimum absolute atomic E-state index is 0.103. The molecule has 0 spiro atoms. The highest BCUT2D eigenvalue weighted by molar-refractivity contribution is 5.99. The minimum atomic E-state index is -0.273. The Bertz CT molecular complexity index is 891. The summed E-state index contributed by atoms with van der Waals surface area (Å²) in [6.07, 6.45) is 4.83. The molecule has 0 saturated heterocycles. The minimum Gasteiger partial charge on any atom is -0.342 e. The van der Waals surface area contributed by atoms with Crippen LogP contribution in [0, 0.1) is 0 Å². The first-order valence-corrected chi connectivity index (χ1v) is 7.97. The van der Waals surface area contributed by atoms with Crippen LogP contribution in [0.15, 0.2) is 43.0 Å². The molecule has 2 heterocycles. The number of rotatable bonds is 5. The standard InChI is InChI=1S/C17H18N6O/c1-2-17(8-5-9-17)18-16(24)14-10-12-6-3-4-7-13(12)23(14)11-15-19-21-22-20-15/h2-4,6-7,10H,1,5,8-9,11H2,(H,18,24)(H,19,20,21,22). The predicted molar refractivity (Wildman–Crippen MR) is 89.5 cm³/mol. The number of tetrazole rings is 1. The van der Waals surface area contributed by atoms with E-state index in [1.54, 1.807) is 0 Å². The number of benzene rings is 1. The molecule has 1 fully saturated rings. The fourth-order valence-corrected chi connectivity index (χ4v) is 3.19. The Kier molecular flexibility index (Phi) is 3.41. The lowest BCUT2D eigenvalue weighted by Gasteiger charge is -2.39. The van der Waals surface area contributed by atoms with E-state index in [2.05, 4.69) is 32.5 Å². The highest BCUT2D eigenvalue weighted by Crippen LogP contribution is 2.33. The maximum Gasteiger partial charge on any atom is 0.268 e. The molecule has 2 aromatic heterocycles. The smallest absolute Gasteiger partial charge is 0.268 e. The molecule has 0 bridgehead atoms. The van der Waals surface area contributed by atoms with Crippen molar-refractivity contribution in [3.63, 3.8) is 0 Å². The first-order valence-electron chi connectivity index (χ1n) is 7.97. The number of hydrogen-bond acceptors (Lipinski definition) is 4. The number of nitrogens with zero attached hydrogens (tertiary/aromatic N) is 4. The van der Waals surface area contributed by atoms with Crippen molar-refractivity contribution in [3.05, 3.63) is 54.5 Å². The van der Waals surface area contributed by atoms with Crippen LogP contribution in [0.2, 0.25) is 0 Å². The molecule has 1 amide bonds. The summed E-state index contributed by atoms with van der Waals surface area (Å²) in [5.41, 5.74) is 1.28. The summed E-state index contributed by atoms with van der Waals surface area (Å²) in [4.78, 5) is 12.9. The van der Waals surface area contributed by atoms with Crippen LogP contribution in [0.4, 0.5) is 0 Å². The third-order valence-electron chi connectivity index (χ3n) is 4.73. The van der Waals surface area contributed by atoms with Crippen LogP contribution in [0.25, 0.3) is 10.9 Å². The second-order valence-electron chi connectivity index (χ2n) is 6.17. The average Bonchev–Trinajstić information content (AvgIpc) is 3.19. The van der Waals surface area contributed by atoms with Crippen molar-refractivity contribution < 1.29 is 4.79 Å². The molecule has 0 atom stereocenters. The summed E-state index contributed by atoms with van der Waals surface area (Å²) in [6.45, 7) is 4.26. The quantitative estimate of drug-likeness (QED) is 0.704. The van der Waals surface area contributed by atoms with Gasteiger partial charge in [0.1, 0.15) is 5.69 Å². The van der Waals surface area contributed by atoms with E-state index < -0.39 is 0 Å². The lowest BCUT2D eigenvalue weighted by Crippen LogP contribution is -2.52. The van der Waals surface area contributed by atoms with Gasteiger partial charge in [-0.2, -0.15) is 5.21 Å². The summed E-state index contributed by atoms with van der Waals surface area (Å²) >= 11 is 0. The summed E-state index contributed by atoms with van der Waals surface area (Å²) in [5, 5.41) is 18.2. The third-order valence-corrected chi connectivity index (χ3v) is 4.73. The van der Waals surface area contributed by atoms with E-state index in [4.69, 9.17) is 0 Å². The lowest BCUT2D eigenvalue weighted by molar-refractivity contribution is 0.0867. The van der Waals surface area contributed by atoms with Crippen LogP contribution < -0.4 is 5.32 Å². The first kappa shape index (κ1) is 14.6. The number of carbonyl (C=O) groups is 1. The molecule has 7 nitrogen and oxygen atoms in total. The van der Waals surface area contributed by atoms with Gasteiger partial charge in [0.15, 0.2) is 5.82 Å². The molecule has 1 aliphatic carbocycles. The maximum absolute atomic E-state index is 12.9. The van der Waals surface area contributed by atoms with Gasteiger partial charge in [-0.25, -0.2) is 0 Å². The molecule has 24 heavy (non-hydrogen) atoms. The first-order chi connectivity index (χ1) is 11.7. The zero-order chi connectivity index (χ0) is 16.6. The normalized spacial score (nSPS) is 15.8. The summed E-state index contributed by atoms with van der Waals surface area (Å²) in [6, 6.07) is 9.79. The van der Waals surface area contributed by atoms with Crippen LogP contribution in [-0.4, -0.2) is 36.6 Å². The Morgan fingerprint density at radius 3 is 2.92 bits per heavy atom. The monoisotopic (exact) mass is 322 g/mol. The van der Waals surface area contributed by atoms with E-state index in [0.29, 0.717) is 18.1 Å². The number of amides is 1. The molecule has 0 aliphatic heterocycles. The van der Waals surface area contributed by atoms with Crippen LogP contribution in [-0.2, 0) is 6.54 Å². The molecule has 4 rings (SSSR count). The van der Waals surface area contributed by atoms with Crippen molar-refractivity contribution in [2.75, 3.05) is 0 Å². The van der Waals surface area contributed by atoms with Crippen molar-refractivity contribution in [2.45, 2.75) is 31.3 Å². The van der Waals surface area contributed by atoms with Crippen LogP contribution in [0.3, 0.4) is 0 Å². The molecule has 0 radical (unpaired) electrons. The molecule has 1 aromatic carbocycles. The summed E-state index contributed by atoms with van der Waals surface area (Å²) < 4.78 is 1.92. The van der Waals surface area contributed by atoms with Gasteiger partial charge in [-0.1, -0.05) is 29.5 Å². The van der Waals surface area contributed by atoms with Gasteiger partial charge in [-0.15, -0.1) is 16.8 Å². The fraction of sp³-hybridized carbons (Fsp3) is 0.294. The van der Waals surface area contributed by atoms with Crippen LogP contribution in [0.1, 0.15) is 35.6 Å². The van der Waals surface area contributed by atoms with Gasteiger partial charge in [0.05, 0.1) is 12.1 Å². The Labute approximate surface area is 138 Å². The number of para-hydroxylation sites is 1. The Hall–Kier alpha value is -2.96. The van der Waals surface area contributed by atoms with E-state index in [-0.39, 0.29) is 11.4 Å². The molecular formula is C17H18N6O. The van der Waals surface area contributed by atoms with E-state index in [1.807, 2.05) is 41.0 Å². The molecule has 3 aromatic rings. The average molecular weight is 322 g/mol. The van der Waals surface area contributed by atoms with E-state index >= 15 is 0 Å². The molecule has 0 unspecified atom stereocenters. The van der Waals surface area contributed by atoms with Gasteiger partial charge in [0.25, 0.3) is 5.91 Å². The van der Waals surface area contributed by atoms with Gasteiger partial charge >= 0.3 is 0 Å². The second kappa shape index (κ2) is 5.59. The lowest BCUT2D eigenvalue weighted by atomic mass is 9.77. The molecule has 1 saturated carbocycles. The van der Waals surface area contributed by atoms with Crippen LogP contribution in [0.5, 0.6) is 0 Å². The van der Waals surface area contributed by atoms with E-state index in [9.17, 15) is 4.79 Å². The van der Waals surface area contributed by atoms with Gasteiger partial charge in [0, 0.05) is 10.9 Å². The van der Waals surface area contributed by atoms with E-state index in [1.165, 1.54) is 0 Å². The van der Waals surface area contributed by atoms with Crippen molar-refractivity contribution >= 4 is 16.8 Å². The molecular weight excluding hydrogens is 304 g/mol. The highest BCUT2D eigenvalue weighted by atomic mass is 16.2. The summed E-state index contributed by atoms with van der Waals surface area (Å²) in [5.74, 6) is 0.432. The SMILES string of the molecule is C=CC1(NC(=O)c2cc3ccccc3n2Cc2nn[nH]n2)CCC1. The Morgan fingerprint density at radius 2 is 2.25 bits per heavy atom. The third kappa shape index (κ3) is 2.38. The van der Waals surface area contributed by atoms with Gasteiger partial charge in [0.2, 0.25) is 0 Å². The largest absolute Gasteiger partial charge is 0.342 e. The summed E-state index contributed by atoms with van der Waals surface area (Å²) in [7, 11) is 0. The Balaban J connectivity index is 1.73. The molecule has 2 N–H and O–H groups in total. The number of H-pyrrole nitrogens is 1. The number of carbonyl (C=O) groups excluding carboxylic acids is 1. The molecule has 7 heteroatoms. The van der Waals surface area contributed by atoms with Crippen molar-refractivity contribution in [1.82, 2.24) is 30.5 Å². The van der Waals surface area contributed by atoms with Gasteiger partial charge < -0.3 is 9.88 Å². The molecule has 1 aliphatic rings. The van der Waals surface area contributed by atoms with Crippen molar-refractivity contribution in [1.29, 1.82) is 0 Å². The Morgan fingerprint density at radius 1 is 1.42 bits per heavy atom.